The maximum Gasteiger partial charge on any atom is 0.269 e. The zero-order valence-electron chi connectivity index (χ0n) is 15.5. The molecular weight excluding hydrogens is 392 g/mol. The number of nitrogens with zero attached hydrogens (tertiary/aromatic N) is 1. The minimum atomic E-state index is -0.578. The van der Waals surface area contributed by atoms with Gasteiger partial charge in [0, 0.05) is 28.3 Å². The number of nitro benzene ring substituents is 1. The number of carbonyl (C=O) groups is 2. The van der Waals surface area contributed by atoms with E-state index in [0.29, 0.717) is 21.8 Å². The van der Waals surface area contributed by atoms with E-state index in [9.17, 15) is 19.7 Å². The summed E-state index contributed by atoms with van der Waals surface area (Å²) in [5, 5.41) is 13.9. The fourth-order valence-corrected chi connectivity index (χ4v) is 3.01. The lowest BCUT2D eigenvalue weighted by Crippen LogP contribution is -2.20. The van der Waals surface area contributed by atoms with Crippen LogP contribution in [-0.4, -0.2) is 16.6 Å². The van der Waals surface area contributed by atoms with Crippen molar-refractivity contribution in [2.45, 2.75) is 12.8 Å². The Hall–Kier alpha value is -3.51. The van der Waals surface area contributed by atoms with E-state index in [1.165, 1.54) is 18.2 Å². The van der Waals surface area contributed by atoms with Crippen molar-refractivity contribution in [1.82, 2.24) is 0 Å². The van der Waals surface area contributed by atoms with Crippen molar-refractivity contribution in [1.29, 1.82) is 0 Å². The minimum absolute atomic E-state index is 0.0465. The Morgan fingerprint density at radius 2 is 1.66 bits per heavy atom. The SMILES string of the molecule is C[C@H](C(=O)Nc1ccc(Cl)cc1C(=O)c1ccccc1)c1ccc([N+](=O)[O-])cc1. The quantitative estimate of drug-likeness (QED) is 0.344. The Morgan fingerprint density at radius 1 is 1.00 bits per heavy atom. The molecule has 1 atom stereocenters. The number of benzene rings is 3. The Morgan fingerprint density at radius 3 is 2.28 bits per heavy atom. The van der Waals surface area contributed by atoms with Crippen LogP contribution in [0.4, 0.5) is 11.4 Å². The molecule has 0 unspecified atom stereocenters. The second-order valence-electron chi connectivity index (χ2n) is 6.44. The number of halogens is 1. The number of hydrogen-bond donors (Lipinski definition) is 1. The average molecular weight is 409 g/mol. The summed E-state index contributed by atoms with van der Waals surface area (Å²) < 4.78 is 0. The maximum absolute atomic E-state index is 12.9. The molecule has 3 aromatic rings. The molecule has 29 heavy (non-hydrogen) atoms. The topological polar surface area (TPSA) is 89.3 Å². The number of non-ortho nitro benzene ring substituents is 1. The van der Waals surface area contributed by atoms with Crippen LogP contribution in [0, 0.1) is 10.1 Å². The summed E-state index contributed by atoms with van der Waals surface area (Å²) in [4.78, 5) is 35.9. The third-order valence-electron chi connectivity index (χ3n) is 4.52. The van der Waals surface area contributed by atoms with Gasteiger partial charge in [0.15, 0.2) is 5.78 Å². The van der Waals surface area contributed by atoms with Crippen LogP contribution in [0.15, 0.2) is 72.8 Å². The number of amides is 1. The monoisotopic (exact) mass is 408 g/mol. The van der Waals surface area contributed by atoms with Crippen LogP contribution in [0.1, 0.15) is 34.3 Å². The van der Waals surface area contributed by atoms with Gasteiger partial charge in [-0.05, 0) is 30.7 Å². The summed E-state index contributed by atoms with van der Waals surface area (Å²) in [5.41, 5.74) is 1.69. The van der Waals surface area contributed by atoms with Crippen LogP contribution < -0.4 is 5.32 Å². The van der Waals surface area contributed by atoms with Crippen LogP contribution in [-0.2, 0) is 4.79 Å². The zero-order valence-corrected chi connectivity index (χ0v) is 16.2. The van der Waals surface area contributed by atoms with Crippen molar-refractivity contribution in [2.75, 3.05) is 5.32 Å². The minimum Gasteiger partial charge on any atom is -0.325 e. The van der Waals surface area contributed by atoms with Gasteiger partial charge in [-0.1, -0.05) is 54.1 Å². The van der Waals surface area contributed by atoms with Gasteiger partial charge in [0.2, 0.25) is 5.91 Å². The molecule has 0 aliphatic rings. The summed E-state index contributed by atoms with van der Waals surface area (Å²) in [6, 6.07) is 19.2. The van der Waals surface area contributed by atoms with E-state index in [1.54, 1.807) is 55.5 Å². The standard InChI is InChI=1S/C22H17ClN2O4/c1-14(15-7-10-18(11-8-15)25(28)29)22(27)24-20-12-9-17(23)13-19(20)21(26)16-5-3-2-4-6-16/h2-14H,1H3,(H,24,27)/t14-/m0/s1. The van der Waals surface area contributed by atoms with Crippen molar-refractivity contribution in [3.05, 3.63) is 105 Å². The molecule has 0 bridgehead atoms. The third-order valence-corrected chi connectivity index (χ3v) is 4.75. The molecule has 0 aliphatic heterocycles. The Labute approximate surface area is 172 Å². The first-order chi connectivity index (χ1) is 13.9. The molecule has 1 amide bonds. The molecule has 0 saturated carbocycles. The molecule has 0 aliphatic carbocycles. The molecule has 0 aromatic heterocycles. The second kappa shape index (κ2) is 8.67. The van der Waals surface area contributed by atoms with Gasteiger partial charge in [-0.25, -0.2) is 0 Å². The molecule has 0 fully saturated rings. The molecule has 7 heteroatoms. The summed E-state index contributed by atoms with van der Waals surface area (Å²) in [7, 11) is 0. The normalized spacial score (nSPS) is 11.5. The van der Waals surface area contributed by atoms with Gasteiger partial charge in [-0.3, -0.25) is 19.7 Å². The molecular formula is C22H17ClN2O4. The van der Waals surface area contributed by atoms with Crippen LogP contribution in [0.3, 0.4) is 0 Å². The zero-order chi connectivity index (χ0) is 21.0. The van der Waals surface area contributed by atoms with Crippen LogP contribution in [0.5, 0.6) is 0 Å². The van der Waals surface area contributed by atoms with Gasteiger partial charge in [-0.15, -0.1) is 0 Å². The highest BCUT2D eigenvalue weighted by Crippen LogP contribution is 2.26. The Bertz CT molecular complexity index is 1070. The molecule has 0 spiro atoms. The van der Waals surface area contributed by atoms with Gasteiger partial charge in [-0.2, -0.15) is 0 Å². The van der Waals surface area contributed by atoms with E-state index < -0.39 is 10.8 Å². The Balaban J connectivity index is 1.85. The van der Waals surface area contributed by atoms with Crippen molar-refractivity contribution in [3.63, 3.8) is 0 Å². The van der Waals surface area contributed by atoms with Crippen molar-refractivity contribution < 1.29 is 14.5 Å². The highest BCUT2D eigenvalue weighted by atomic mass is 35.5. The fourth-order valence-electron chi connectivity index (χ4n) is 2.84. The molecule has 6 nitrogen and oxygen atoms in total. The smallest absolute Gasteiger partial charge is 0.269 e. The predicted octanol–water partition coefficient (Wildman–Crippen LogP) is 5.22. The summed E-state index contributed by atoms with van der Waals surface area (Å²) in [6.07, 6.45) is 0. The van der Waals surface area contributed by atoms with Crippen LogP contribution in [0.2, 0.25) is 5.02 Å². The lowest BCUT2D eigenvalue weighted by atomic mass is 9.98. The lowest BCUT2D eigenvalue weighted by Gasteiger charge is -2.15. The molecule has 3 aromatic carbocycles. The van der Waals surface area contributed by atoms with Gasteiger partial charge >= 0.3 is 0 Å². The lowest BCUT2D eigenvalue weighted by molar-refractivity contribution is -0.384. The van der Waals surface area contributed by atoms with E-state index in [4.69, 9.17) is 11.6 Å². The highest BCUT2D eigenvalue weighted by Gasteiger charge is 2.20. The first-order valence-corrected chi connectivity index (χ1v) is 9.19. The molecule has 3 rings (SSSR count). The first-order valence-electron chi connectivity index (χ1n) is 8.81. The highest BCUT2D eigenvalue weighted by molar-refractivity contribution is 6.31. The summed E-state index contributed by atoms with van der Waals surface area (Å²) in [5.74, 6) is -1.18. The van der Waals surface area contributed by atoms with E-state index in [0.717, 1.165) is 0 Å². The summed E-state index contributed by atoms with van der Waals surface area (Å²) in [6.45, 7) is 1.69. The number of hydrogen-bond acceptors (Lipinski definition) is 4. The fraction of sp³-hybridized carbons (Fsp3) is 0.0909. The molecule has 0 saturated heterocycles. The molecule has 0 radical (unpaired) electrons. The van der Waals surface area contributed by atoms with Crippen molar-refractivity contribution >= 4 is 34.7 Å². The van der Waals surface area contributed by atoms with Crippen LogP contribution in [0.25, 0.3) is 0 Å². The molecule has 0 heterocycles. The average Bonchev–Trinajstić information content (AvgIpc) is 2.74. The van der Waals surface area contributed by atoms with E-state index in [1.807, 2.05) is 6.07 Å². The second-order valence-corrected chi connectivity index (χ2v) is 6.88. The number of rotatable bonds is 6. The number of nitrogens with one attached hydrogen (secondary N) is 1. The van der Waals surface area contributed by atoms with Crippen molar-refractivity contribution in [2.24, 2.45) is 0 Å². The van der Waals surface area contributed by atoms with E-state index in [2.05, 4.69) is 5.32 Å². The summed E-state index contributed by atoms with van der Waals surface area (Å²) >= 11 is 6.06. The van der Waals surface area contributed by atoms with Crippen molar-refractivity contribution in [3.8, 4) is 0 Å². The molecule has 146 valence electrons. The molecule has 1 N–H and O–H groups in total. The largest absolute Gasteiger partial charge is 0.325 e. The predicted molar refractivity (Wildman–Crippen MR) is 111 cm³/mol. The van der Waals surface area contributed by atoms with Gasteiger partial charge in [0.1, 0.15) is 0 Å². The Kier molecular flexibility index (Phi) is 6.04. The number of ketones is 1. The van der Waals surface area contributed by atoms with Gasteiger partial charge in [0.25, 0.3) is 5.69 Å². The first kappa shape index (κ1) is 20.2. The van der Waals surface area contributed by atoms with Gasteiger partial charge < -0.3 is 5.32 Å². The number of anilines is 1. The number of carbonyl (C=O) groups excluding carboxylic acids is 2. The van der Waals surface area contributed by atoms with Crippen LogP contribution >= 0.6 is 11.6 Å². The van der Waals surface area contributed by atoms with E-state index in [-0.39, 0.29) is 22.9 Å². The van der Waals surface area contributed by atoms with E-state index >= 15 is 0 Å². The van der Waals surface area contributed by atoms with Gasteiger partial charge in [0.05, 0.1) is 16.5 Å². The number of nitro groups is 1. The third kappa shape index (κ3) is 4.67. The maximum atomic E-state index is 12.9.